The molecule has 2 atom stereocenters. The van der Waals surface area contributed by atoms with Crippen LogP contribution in [0, 0.1) is 22.7 Å². The average Bonchev–Trinajstić information content (AvgIpc) is 3.49. The first-order valence-corrected chi connectivity index (χ1v) is 13.5. The Morgan fingerprint density at radius 2 is 1.79 bits per heavy atom. The predicted molar refractivity (Wildman–Crippen MR) is 144 cm³/mol. The van der Waals surface area contributed by atoms with Crippen LogP contribution < -0.4 is 20.9 Å². The van der Waals surface area contributed by atoms with E-state index in [-0.39, 0.29) is 12.1 Å². The number of nitrogens with one attached hydrogen (secondary N) is 3. The van der Waals surface area contributed by atoms with E-state index in [1.165, 1.54) is 10.7 Å². The van der Waals surface area contributed by atoms with Gasteiger partial charge in [0.2, 0.25) is 5.95 Å². The molecular weight excluding hydrogens is 504 g/mol. The summed E-state index contributed by atoms with van der Waals surface area (Å²) >= 11 is 6.90. The number of piperidine rings is 1. The van der Waals surface area contributed by atoms with E-state index in [0.29, 0.717) is 51.6 Å². The van der Waals surface area contributed by atoms with Crippen molar-refractivity contribution in [3.05, 3.63) is 34.6 Å². The fourth-order valence-corrected chi connectivity index (χ4v) is 5.65. The van der Waals surface area contributed by atoms with Crippen molar-refractivity contribution in [1.82, 2.24) is 24.9 Å². The molecular formula is C26H29ClN10O. The quantitative estimate of drug-likeness (QED) is 0.356. The molecule has 38 heavy (non-hydrogen) atoms. The molecule has 3 heterocycles. The van der Waals surface area contributed by atoms with Crippen LogP contribution in [0.2, 0.25) is 5.02 Å². The van der Waals surface area contributed by atoms with E-state index in [9.17, 15) is 15.6 Å². The zero-order valence-corrected chi connectivity index (χ0v) is 21.6. The zero-order valence-electron chi connectivity index (χ0n) is 20.9. The van der Waals surface area contributed by atoms with Gasteiger partial charge in [-0.3, -0.25) is 0 Å². The van der Waals surface area contributed by atoms with Gasteiger partial charge in [0.05, 0.1) is 40.3 Å². The third-order valence-corrected chi connectivity index (χ3v) is 7.93. The lowest BCUT2D eigenvalue weighted by atomic mass is 10.0. The third-order valence-electron chi connectivity index (χ3n) is 7.54. The number of nitriles is 2. The summed E-state index contributed by atoms with van der Waals surface area (Å²) in [6.45, 7) is 1.61. The highest BCUT2D eigenvalue weighted by Crippen LogP contribution is 2.37. The highest BCUT2D eigenvalue weighted by atomic mass is 35.5. The van der Waals surface area contributed by atoms with Gasteiger partial charge in [0.25, 0.3) is 0 Å². The minimum atomic E-state index is -0.184. The summed E-state index contributed by atoms with van der Waals surface area (Å²) in [5.74, 6) is 0.795. The first-order chi connectivity index (χ1) is 18.5. The fraction of sp³-hybridized carbons (Fsp3) is 0.500. The van der Waals surface area contributed by atoms with Gasteiger partial charge < -0.3 is 26.0 Å². The van der Waals surface area contributed by atoms with Crippen LogP contribution in [-0.4, -0.2) is 62.0 Å². The molecule has 2 aromatic heterocycles. The lowest BCUT2D eigenvalue weighted by molar-refractivity contribution is 0.178. The summed E-state index contributed by atoms with van der Waals surface area (Å²) in [5, 5.41) is 44.3. The predicted octanol–water partition coefficient (Wildman–Crippen LogP) is 3.31. The maximum absolute atomic E-state index is 9.83. The minimum absolute atomic E-state index is 0.184. The normalized spacial score (nSPS) is 21.8. The van der Waals surface area contributed by atoms with Gasteiger partial charge in [-0.05, 0) is 57.1 Å². The minimum Gasteiger partial charge on any atom is -0.393 e. The second kappa shape index (κ2) is 10.3. The van der Waals surface area contributed by atoms with Crippen molar-refractivity contribution < 1.29 is 5.11 Å². The number of hydrogen-bond acceptors (Lipinski definition) is 10. The van der Waals surface area contributed by atoms with Gasteiger partial charge in [-0.15, -0.1) is 5.10 Å². The standard InChI is InChI=1S/C26H29ClN10O/c27-23-21(33-26-34-24(32-16-1-2-16)25-30-14-19(13-29)37(25)35-26)9-15(12-28)10-22(23)36-7-5-17(6-8-36)31-18-3-4-20(38)11-18/h9-10,14,16-18,20,31,38H,1-8,11H2,(H2,32,33,34,35)/t18-,20+/m1/s1. The van der Waals surface area contributed by atoms with E-state index in [0.717, 1.165) is 63.7 Å². The van der Waals surface area contributed by atoms with Crippen LogP contribution in [0.25, 0.3) is 5.65 Å². The average molecular weight is 533 g/mol. The number of anilines is 4. The van der Waals surface area contributed by atoms with Crippen LogP contribution in [0.5, 0.6) is 0 Å². The summed E-state index contributed by atoms with van der Waals surface area (Å²) in [4.78, 5) is 11.1. The smallest absolute Gasteiger partial charge is 0.247 e. The van der Waals surface area contributed by atoms with Crippen LogP contribution in [0.1, 0.15) is 56.2 Å². The summed E-state index contributed by atoms with van der Waals surface area (Å²) < 4.78 is 1.46. The van der Waals surface area contributed by atoms with Crippen molar-refractivity contribution in [3.8, 4) is 12.1 Å². The molecule has 0 bridgehead atoms. The summed E-state index contributed by atoms with van der Waals surface area (Å²) in [6, 6.07) is 8.97. The Bertz CT molecular complexity index is 1430. The summed E-state index contributed by atoms with van der Waals surface area (Å²) in [5.41, 5.74) is 2.58. The molecule has 3 fully saturated rings. The molecule has 3 aromatic rings. The maximum Gasteiger partial charge on any atom is 0.247 e. The molecule has 0 unspecified atom stereocenters. The number of fused-ring (bicyclic) bond motifs is 1. The van der Waals surface area contributed by atoms with Crippen molar-refractivity contribution in [2.24, 2.45) is 0 Å². The SMILES string of the molecule is N#Cc1cc(Nc2nc(NC3CC3)c3ncc(C#N)n3n2)c(Cl)c(N2CCC(N[C@@H]3CC[C@H](O)C3)CC2)c1. The van der Waals surface area contributed by atoms with Crippen LogP contribution in [0.4, 0.5) is 23.1 Å². The number of rotatable bonds is 7. The molecule has 2 saturated carbocycles. The van der Waals surface area contributed by atoms with E-state index in [4.69, 9.17) is 11.6 Å². The maximum atomic E-state index is 9.83. The van der Waals surface area contributed by atoms with Gasteiger partial charge in [-0.1, -0.05) is 11.6 Å². The van der Waals surface area contributed by atoms with Gasteiger partial charge in [0.15, 0.2) is 17.2 Å². The third kappa shape index (κ3) is 5.05. The lowest BCUT2D eigenvalue weighted by Crippen LogP contribution is -2.45. The molecule has 3 aliphatic rings. The molecule has 0 amide bonds. The van der Waals surface area contributed by atoms with Crippen LogP contribution in [0.3, 0.4) is 0 Å². The summed E-state index contributed by atoms with van der Waals surface area (Å²) in [6.07, 6.45) is 8.02. The molecule has 196 valence electrons. The van der Waals surface area contributed by atoms with Crippen LogP contribution in [0.15, 0.2) is 18.3 Å². The Balaban J connectivity index is 1.24. The highest BCUT2D eigenvalue weighted by Gasteiger charge is 2.28. The number of aromatic nitrogens is 4. The lowest BCUT2D eigenvalue weighted by Gasteiger charge is -2.36. The Hall–Kier alpha value is -3.64. The number of benzene rings is 1. The largest absolute Gasteiger partial charge is 0.393 e. The van der Waals surface area contributed by atoms with E-state index in [1.807, 2.05) is 6.07 Å². The van der Waals surface area contributed by atoms with E-state index in [1.54, 1.807) is 6.07 Å². The van der Waals surface area contributed by atoms with E-state index < -0.39 is 0 Å². The monoisotopic (exact) mass is 532 g/mol. The Morgan fingerprint density at radius 1 is 1.00 bits per heavy atom. The second-order valence-electron chi connectivity index (χ2n) is 10.4. The van der Waals surface area contributed by atoms with Crippen molar-refractivity contribution in [2.75, 3.05) is 28.6 Å². The number of aliphatic hydroxyl groups is 1. The van der Waals surface area contributed by atoms with Crippen molar-refractivity contribution in [3.63, 3.8) is 0 Å². The molecule has 6 rings (SSSR count). The fourth-order valence-electron chi connectivity index (χ4n) is 5.37. The molecule has 0 spiro atoms. The van der Waals surface area contributed by atoms with Gasteiger partial charge >= 0.3 is 0 Å². The van der Waals surface area contributed by atoms with Gasteiger partial charge in [0.1, 0.15) is 6.07 Å². The van der Waals surface area contributed by atoms with Crippen LogP contribution in [-0.2, 0) is 0 Å². The van der Waals surface area contributed by atoms with Crippen molar-refractivity contribution in [1.29, 1.82) is 10.5 Å². The summed E-state index contributed by atoms with van der Waals surface area (Å²) in [7, 11) is 0. The van der Waals surface area contributed by atoms with Gasteiger partial charge in [-0.2, -0.15) is 20.0 Å². The zero-order chi connectivity index (χ0) is 26.2. The van der Waals surface area contributed by atoms with Gasteiger partial charge in [0, 0.05) is 31.2 Å². The molecule has 1 saturated heterocycles. The molecule has 1 aromatic carbocycles. The number of aliphatic hydroxyl groups excluding tert-OH is 1. The number of halogens is 1. The Kier molecular flexibility index (Phi) is 6.66. The van der Waals surface area contributed by atoms with Gasteiger partial charge in [-0.25, -0.2) is 4.98 Å². The molecule has 12 heteroatoms. The topological polar surface area (TPSA) is 150 Å². The van der Waals surface area contributed by atoms with E-state index in [2.05, 4.69) is 48.1 Å². The Labute approximate surface area is 225 Å². The van der Waals surface area contributed by atoms with Crippen LogP contribution >= 0.6 is 11.6 Å². The van der Waals surface area contributed by atoms with Crippen molar-refractivity contribution in [2.45, 2.75) is 69.2 Å². The molecule has 1 aliphatic heterocycles. The van der Waals surface area contributed by atoms with Crippen molar-refractivity contribution >= 4 is 40.4 Å². The molecule has 2 aliphatic carbocycles. The Morgan fingerprint density at radius 3 is 2.47 bits per heavy atom. The second-order valence-corrected chi connectivity index (χ2v) is 10.8. The highest BCUT2D eigenvalue weighted by molar-refractivity contribution is 6.36. The molecule has 4 N–H and O–H groups in total. The molecule has 0 radical (unpaired) electrons. The van der Waals surface area contributed by atoms with E-state index >= 15 is 0 Å². The first kappa shape index (κ1) is 24.7. The molecule has 11 nitrogen and oxygen atoms in total. The number of imidazole rings is 1. The number of hydrogen-bond donors (Lipinski definition) is 4. The number of nitrogens with zero attached hydrogens (tertiary/aromatic N) is 7. The first-order valence-electron chi connectivity index (χ1n) is 13.1.